The molecule has 2 atom stereocenters. The van der Waals surface area contributed by atoms with Gasteiger partial charge >= 0.3 is 0 Å². The van der Waals surface area contributed by atoms with Crippen LogP contribution in [-0.4, -0.2) is 29.0 Å². The fourth-order valence-corrected chi connectivity index (χ4v) is 0.630. The minimum atomic E-state index is -2.83. The van der Waals surface area contributed by atoms with E-state index in [0.29, 0.717) is 0 Å². The van der Waals surface area contributed by atoms with Gasteiger partial charge in [0.15, 0.2) is 0 Å². The minimum absolute atomic E-state index is 0.170. The lowest BCUT2D eigenvalue weighted by atomic mass is 11.6. The van der Waals surface area contributed by atoms with Gasteiger partial charge in [-0.3, -0.25) is 4.21 Å². The summed E-state index contributed by atoms with van der Waals surface area (Å²) in [4.78, 5) is 0. The van der Waals surface area contributed by atoms with E-state index in [0.717, 1.165) is 7.05 Å². The second-order valence-corrected chi connectivity index (χ2v) is 2.44. The van der Waals surface area contributed by atoms with Crippen LogP contribution in [0.15, 0.2) is 0 Å². The number of hydroxylamine groups is 1. The summed E-state index contributed by atoms with van der Waals surface area (Å²) in [6.45, 7) is 0. The average Bonchev–Trinajstić information content (AvgIpc) is 1.63. The molecular formula is CH3NO5S2-2. The van der Waals surface area contributed by atoms with Gasteiger partial charge in [0.05, 0.1) is 0 Å². The Hall–Kier alpha value is 0.140. The Bertz CT molecular complexity index is 135. The van der Waals surface area contributed by atoms with Crippen molar-refractivity contribution in [1.82, 2.24) is 4.47 Å². The van der Waals surface area contributed by atoms with E-state index >= 15 is 0 Å². The standard InChI is InChI=1S/CH5NO5S2/c1-2(8(3)4)7-9(5)6/h1H3,(H,3,4)(H,5,6)/p-2. The molecule has 0 saturated heterocycles. The van der Waals surface area contributed by atoms with Crippen LogP contribution in [0.1, 0.15) is 0 Å². The predicted octanol–water partition coefficient (Wildman–Crippen LogP) is -1.56. The highest BCUT2D eigenvalue weighted by atomic mass is 32.2. The molecule has 0 radical (unpaired) electrons. The number of hydrogen-bond donors (Lipinski definition) is 0. The summed E-state index contributed by atoms with van der Waals surface area (Å²) in [6, 6.07) is 0. The maximum Gasteiger partial charge on any atom is 0.107 e. The molecule has 0 N–H and O–H groups in total. The fourth-order valence-electron chi connectivity index (χ4n) is 0.111. The first-order chi connectivity index (χ1) is 4.04. The maximum absolute atomic E-state index is 9.76. The molecule has 0 aliphatic rings. The van der Waals surface area contributed by atoms with Crippen LogP contribution < -0.4 is 0 Å². The molecular weight excluding hydrogens is 170 g/mol. The van der Waals surface area contributed by atoms with Gasteiger partial charge in [-0.25, -0.2) is 4.21 Å². The van der Waals surface area contributed by atoms with Crippen molar-refractivity contribution in [2.24, 2.45) is 0 Å². The van der Waals surface area contributed by atoms with Gasteiger partial charge in [-0.1, -0.05) is 0 Å². The van der Waals surface area contributed by atoms with E-state index in [1.165, 1.54) is 0 Å². The molecule has 0 saturated carbocycles. The van der Waals surface area contributed by atoms with Crippen LogP contribution >= 0.6 is 0 Å². The first-order valence-corrected chi connectivity index (χ1v) is 3.68. The lowest BCUT2D eigenvalue weighted by Crippen LogP contribution is -2.21. The van der Waals surface area contributed by atoms with E-state index in [9.17, 15) is 17.5 Å². The summed E-state index contributed by atoms with van der Waals surface area (Å²) in [5, 5.41) is 0. The van der Waals surface area contributed by atoms with E-state index < -0.39 is 22.6 Å². The van der Waals surface area contributed by atoms with E-state index in [1.54, 1.807) is 0 Å². The van der Waals surface area contributed by atoms with Crippen molar-refractivity contribution in [3.63, 3.8) is 0 Å². The molecule has 0 aromatic rings. The smallest absolute Gasteiger partial charge is 0.107 e. The van der Waals surface area contributed by atoms with Crippen LogP contribution in [0.5, 0.6) is 0 Å². The normalized spacial score (nSPS) is 17.8. The molecule has 0 heterocycles. The first-order valence-electron chi connectivity index (χ1n) is 1.65. The van der Waals surface area contributed by atoms with Gasteiger partial charge in [0.2, 0.25) is 0 Å². The van der Waals surface area contributed by atoms with E-state index in [1.807, 2.05) is 0 Å². The van der Waals surface area contributed by atoms with Crippen LogP contribution in [0.25, 0.3) is 0 Å². The summed E-state index contributed by atoms with van der Waals surface area (Å²) in [5.41, 5.74) is 0. The van der Waals surface area contributed by atoms with Crippen molar-refractivity contribution in [2.75, 3.05) is 7.05 Å². The first kappa shape index (κ1) is 9.14. The Labute approximate surface area is 56.7 Å². The highest BCUT2D eigenvalue weighted by Crippen LogP contribution is 1.89. The van der Waals surface area contributed by atoms with Crippen molar-refractivity contribution in [3.8, 4) is 0 Å². The molecule has 0 aliphatic carbocycles. The highest BCUT2D eigenvalue weighted by Gasteiger charge is 1.95. The Kier molecular flexibility index (Phi) is 4.10. The van der Waals surface area contributed by atoms with Crippen molar-refractivity contribution in [1.29, 1.82) is 0 Å². The average molecular weight is 173 g/mol. The molecule has 0 bridgehead atoms. The van der Waals surface area contributed by atoms with Gasteiger partial charge in [0.1, 0.15) is 11.4 Å². The molecule has 0 amide bonds. The molecule has 9 heavy (non-hydrogen) atoms. The Morgan fingerprint density at radius 1 is 1.44 bits per heavy atom. The van der Waals surface area contributed by atoms with Gasteiger partial charge in [0, 0.05) is 18.3 Å². The summed E-state index contributed by atoms with van der Waals surface area (Å²) in [7, 11) is 0.943. The maximum atomic E-state index is 9.76. The van der Waals surface area contributed by atoms with Crippen LogP contribution in [-0.2, 0) is 26.9 Å². The van der Waals surface area contributed by atoms with Crippen molar-refractivity contribution < 1.29 is 21.8 Å². The Morgan fingerprint density at radius 3 is 2.00 bits per heavy atom. The molecule has 0 rings (SSSR count). The fraction of sp³-hybridized carbons (Fsp3) is 1.00. The lowest BCUT2D eigenvalue weighted by molar-refractivity contribution is 0.0660. The lowest BCUT2D eigenvalue weighted by Gasteiger charge is -2.17. The van der Waals surface area contributed by atoms with Gasteiger partial charge in [-0.15, -0.1) is 4.47 Å². The molecule has 0 aliphatic heterocycles. The number of nitrogens with zero attached hydrogens (tertiary/aromatic N) is 1. The zero-order chi connectivity index (χ0) is 7.44. The van der Waals surface area contributed by atoms with E-state index in [-0.39, 0.29) is 4.47 Å². The molecule has 0 aromatic carbocycles. The third-order valence-corrected chi connectivity index (χ3v) is 1.31. The van der Waals surface area contributed by atoms with Crippen LogP contribution in [0.2, 0.25) is 0 Å². The molecule has 0 spiro atoms. The predicted molar refractivity (Wildman–Crippen MR) is 26.7 cm³/mol. The number of rotatable bonds is 3. The van der Waals surface area contributed by atoms with Crippen molar-refractivity contribution in [3.05, 3.63) is 0 Å². The van der Waals surface area contributed by atoms with Gasteiger partial charge < -0.3 is 9.11 Å². The topological polar surface area (TPSA) is 92.7 Å². The number of hydrogen-bond acceptors (Lipinski definition) is 5. The molecule has 0 fully saturated rings. The minimum Gasteiger partial charge on any atom is -0.758 e. The van der Waals surface area contributed by atoms with Crippen LogP contribution in [0.3, 0.4) is 0 Å². The summed E-state index contributed by atoms with van der Waals surface area (Å²) >= 11 is -5.50. The van der Waals surface area contributed by atoms with E-state index in [2.05, 4.69) is 4.28 Å². The SMILES string of the molecule is CN(OS(=O)[O-])S(=O)[O-]. The van der Waals surface area contributed by atoms with Crippen LogP contribution in [0.4, 0.5) is 0 Å². The Balaban J connectivity index is 3.63. The second-order valence-electron chi connectivity index (χ2n) is 0.935. The van der Waals surface area contributed by atoms with Crippen molar-refractivity contribution >= 4 is 22.6 Å². The van der Waals surface area contributed by atoms with Gasteiger partial charge in [0.25, 0.3) is 0 Å². The summed E-state index contributed by atoms with van der Waals surface area (Å²) < 4.78 is 42.5. The zero-order valence-electron chi connectivity index (χ0n) is 4.30. The largest absolute Gasteiger partial charge is 0.758 e. The summed E-state index contributed by atoms with van der Waals surface area (Å²) in [6.07, 6.45) is 0. The Morgan fingerprint density at radius 2 is 1.89 bits per heavy atom. The third kappa shape index (κ3) is 4.63. The zero-order valence-corrected chi connectivity index (χ0v) is 5.94. The van der Waals surface area contributed by atoms with Crippen molar-refractivity contribution in [2.45, 2.75) is 0 Å². The van der Waals surface area contributed by atoms with Crippen LogP contribution in [0, 0.1) is 0 Å². The molecule has 56 valence electrons. The molecule has 6 nitrogen and oxygen atoms in total. The van der Waals surface area contributed by atoms with Gasteiger partial charge in [-0.2, -0.15) is 4.28 Å². The molecule has 2 unspecified atom stereocenters. The monoisotopic (exact) mass is 173 g/mol. The quantitative estimate of drug-likeness (QED) is 0.380. The summed E-state index contributed by atoms with van der Waals surface area (Å²) in [5.74, 6) is 0. The molecule has 8 heteroatoms. The third-order valence-electron chi connectivity index (χ3n) is 0.376. The molecule has 0 aromatic heterocycles. The highest BCUT2D eigenvalue weighted by molar-refractivity contribution is 7.78. The second kappa shape index (κ2) is 4.04. The van der Waals surface area contributed by atoms with Gasteiger partial charge in [-0.05, 0) is 0 Å². The van der Waals surface area contributed by atoms with E-state index in [4.69, 9.17) is 0 Å².